The van der Waals surface area contributed by atoms with Crippen molar-refractivity contribution in [1.82, 2.24) is 0 Å². The molecule has 4 aromatic rings. The molecule has 4 rings (SSSR count). The summed E-state index contributed by atoms with van der Waals surface area (Å²) in [5.41, 5.74) is 2.91. The van der Waals surface area contributed by atoms with Crippen molar-refractivity contribution in [2.24, 2.45) is 0 Å². The van der Waals surface area contributed by atoms with Gasteiger partial charge in [-0.3, -0.25) is 0 Å². The molecule has 2 heterocycles. The highest BCUT2D eigenvalue weighted by atomic mass is 35.5. The first kappa shape index (κ1) is 12.7. The average Bonchev–Trinajstić information content (AvgIpc) is 3.08. The van der Waals surface area contributed by atoms with E-state index in [2.05, 4.69) is 35.0 Å². The zero-order valence-electron chi connectivity index (χ0n) is 11.1. The van der Waals surface area contributed by atoms with Gasteiger partial charge in [0.2, 0.25) is 0 Å². The molecule has 4 heteroatoms. The van der Waals surface area contributed by atoms with Crippen LogP contribution in [0.2, 0.25) is 5.22 Å². The Morgan fingerprint density at radius 3 is 2.95 bits per heavy atom. The number of rotatable bonds is 3. The Labute approximate surface area is 131 Å². The SMILES string of the molecule is Clc1oc2ccccc2c1CNc1ccc2sccc2c1. The number of benzene rings is 2. The van der Waals surface area contributed by atoms with E-state index >= 15 is 0 Å². The summed E-state index contributed by atoms with van der Waals surface area (Å²) in [5, 5.41) is 8.31. The van der Waals surface area contributed by atoms with E-state index in [1.807, 2.05) is 24.3 Å². The van der Waals surface area contributed by atoms with Gasteiger partial charge in [0, 0.05) is 27.9 Å². The minimum absolute atomic E-state index is 0.459. The summed E-state index contributed by atoms with van der Waals surface area (Å²) in [6.45, 7) is 0.644. The molecule has 0 bridgehead atoms. The topological polar surface area (TPSA) is 25.2 Å². The number of hydrogen-bond acceptors (Lipinski definition) is 3. The number of nitrogens with one attached hydrogen (secondary N) is 1. The summed E-state index contributed by atoms with van der Waals surface area (Å²) >= 11 is 7.96. The van der Waals surface area contributed by atoms with Gasteiger partial charge in [0.25, 0.3) is 0 Å². The molecule has 0 spiro atoms. The van der Waals surface area contributed by atoms with Crippen LogP contribution in [0.15, 0.2) is 58.3 Å². The van der Waals surface area contributed by atoms with E-state index in [1.165, 1.54) is 10.1 Å². The highest BCUT2D eigenvalue weighted by Crippen LogP contribution is 2.30. The third kappa shape index (κ3) is 2.28. The number of thiophene rings is 1. The number of fused-ring (bicyclic) bond motifs is 2. The van der Waals surface area contributed by atoms with Crippen molar-refractivity contribution in [1.29, 1.82) is 0 Å². The van der Waals surface area contributed by atoms with Crippen molar-refractivity contribution in [3.63, 3.8) is 0 Å². The number of halogens is 1. The Balaban J connectivity index is 1.64. The first-order valence-corrected chi connectivity index (χ1v) is 7.94. The van der Waals surface area contributed by atoms with Gasteiger partial charge in [-0.2, -0.15) is 0 Å². The zero-order chi connectivity index (χ0) is 14.2. The predicted molar refractivity (Wildman–Crippen MR) is 90.4 cm³/mol. The second-order valence-corrected chi connectivity index (χ2v) is 6.17. The van der Waals surface area contributed by atoms with Crippen LogP contribution in [-0.2, 0) is 6.54 Å². The molecule has 104 valence electrons. The highest BCUT2D eigenvalue weighted by Gasteiger charge is 2.11. The highest BCUT2D eigenvalue weighted by molar-refractivity contribution is 7.17. The van der Waals surface area contributed by atoms with Crippen LogP contribution in [0.25, 0.3) is 21.1 Å². The predicted octanol–water partition coefficient (Wildman–Crippen LogP) is 5.91. The normalized spacial score (nSPS) is 11.3. The van der Waals surface area contributed by atoms with Crippen molar-refractivity contribution in [3.8, 4) is 0 Å². The second kappa shape index (κ2) is 5.10. The summed E-state index contributed by atoms with van der Waals surface area (Å²) in [6, 6.07) is 16.4. The van der Waals surface area contributed by atoms with Gasteiger partial charge >= 0.3 is 0 Å². The molecule has 0 amide bonds. The van der Waals surface area contributed by atoms with E-state index in [1.54, 1.807) is 11.3 Å². The molecule has 21 heavy (non-hydrogen) atoms. The molecular formula is C17H12ClNOS. The largest absolute Gasteiger partial charge is 0.444 e. The molecule has 2 aromatic heterocycles. The fourth-order valence-corrected chi connectivity index (χ4v) is 3.52. The van der Waals surface area contributed by atoms with Gasteiger partial charge in [0.05, 0.1) is 0 Å². The number of hydrogen-bond donors (Lipinski definition) is 1. The van der Waals surface area contributed by atoms with Crippen LogP contribution in [0.5, 0.6) is 0 Å². The maximum Gasteiger partial charge on any atom is 0.199 e. The maximum atomic E-state index is 6.21. The molecule has 0 fully saturated rings. The van der Waals surface area contributed by atoms with E-state index in [9.17, 15) is 0 Å². The third-order valence-corrected chi connectivity index (χ3v) is 4.77. The van der Waals surface area contributed by atoms with Crippen molar-refractivity contribution in [2.45, 2.75) is 6.54 Å². The second-order valence-electron chi connectivity index (χ2n) is 4.88. The van der Waals surface area contributed by atoms with E-state index in [-0.39, 0.29) is 0 Å². The molecule has 0 aliphatic rings. The fraction of sp³-hybridized carbons (Fsp3) is 0.0588. The van der Waals surface area contributed by atoms with Crippen LogP contribution in [0.3, 0.4) is 0 Å². The molecule has 0 unspecified atom stereocenters. The molecule has 0 aliphatic heterocycles. The van der Waals surface area contributed by atoms with Crippen molar-refractivity contribution in [2.75, 3.05) is 5.32 Å². The Bertz CT molecular complexity index is 925. The van der Waals surface area contributed by atoms with E-state index in [4.69, 9.17) is 16.0 Å². The third-order valence-electron chi connectivity index (χ3n) is 3.57. The zero-order valence-corrected chi connectivity index (χ0v) is 12.7. The van der Waals surface area contributed by atoms with Gasteiger partial charge in [-0.25, -0.2) is 0 Å². The lowest BCUT2D eigenvalue weighted by Gasteiger charge is -2.06. The molecule has 0 saturated carbocycles. The molecular weight excluding hydrogens is 302 g/mol. The van der Waals surface area contributed by atoms with Gasteiger partial charge in [0.15, 0.2) is 5.22 Å². The van der Waals surface area contributed by atoms with Crippen LogP contribution >= 0.6 is 22.9 Å². The molecule has 2 aromatic carbocycles. The molecule has 0 radical (unpaired) electrons. The van der Waals surface area contributed by atoms with E-state index < -0.39 is 0 Å². The van der Waals surface area contributed by atoms with Crippen LogP contribution in [0.1, 0.15) is 5.56 Å². The summed E-state index contributed by atoms with van der Waals surface area (Å²) < 4.78 is 6.87. The first-order chi connectivity index (χ1) is 10.3. The lowest BCUT2D eigenvalue weighted by molar-refractivity contribution is 0.613. The van der Waals surface area contributed by atoms with Crippen LogP contribution in [0, 0.1) is 0 Å². The van der Waals surface area contributed by atoms with E-state index in [0.717, 1.165) is 22.2 Å². The van der Waals surface area contributed by atoms with Crippen molar-refractivity contribution < 1.29 is 4.42 Å². The fourth-order valence-electron chi connectivity index (χ4n) is 2.50. The summed E-state index contributed by atoms with van der Waals surface area (Å²) in [6.07, 6.45) is 0. The van der Waals surface area contributed by atoms with Crippen molar-refractivity contribution >= 4 is 49.7 Å². The van der Waals surface area contributed by atoms with Crippen LogP contribution in [0.4, 0.5) is 5.69 Å². The standard InChI is InChI=1S/C17H12ClNOS/c18-17-14(13-3-1-2-4-15(13)20-17)10-19-12-5-6-16-11(9-12)7-8-21-16/h1-9,19H,10H2. The molecule has 0 aliphatic carbocycles. The van der Waals surface area contributed by atoms with Gasteiger partial charge in [0.1, 0.15) is 5.58 Å². The van der Waals surface area contributed by atoms with Crippen LogP contribution < -0.4 is 5.32 Å². The van der Waals surface area contributed by atoms with Crippen LogP contribution in [-0.4, -0.2) is 0 Å². The van der Waals surface area contributed by atoms with Gasteiger partial charge < -0.3 is 9.73 Å². The van der Waals surface area contributed by atoms with Gasteiger partial charge in [-0.15, -0.1) is 11.3 Å². The lowest BCUT2D eigenvalue weighted by atomic mass is 10.1. The molecule has 0 atom stereocenters. The minimum atomic E-state index is 0.459. The quantitative estimate of drug-likeness (QED) is 0.508. The first-order valence-electron chi connectivity index (χ1n) is 6.68. The molecule has 0 saturated heterocycles. The number of furan rings is 1. The van der Waals surface area contributed by atoms with Crippen molar-refractivity contribution in [3.05, 3.63) is 64.7 Å². The van der Waals surface area contributed by atoms with E-state index in [0.29, 0.717) is 11.8 Å². The molecule has 1 N–H and O–H groups in total. The van der Waals surface area contributed by atoms with Gasteiger partial charge in [-0.1, -0.05) is 18.2 Å². The summed E-state index contributed by atoms with van der Waals surface area (Å²) in [7, 11) is 0. The Morgan fingerprint density at radius 1 is 1.10 bits per heavy atom. The monoisotopic (exact) mass is 313 g/mol. The Morgan fingerprint density at radius 2 is 2.00 bits per heavy atom. The minimum Gasteiger partial charge on any atom is -0.444 e. The van der Waals surface area contributed by atoms with Gasteiger partial charge in [-0.05, 0) is 52.7 Å². The smallest absolute Gasteiger partial charge is 0.199 e. The average molecular weight is 314 g/mol. The Kier molecular flexibility index (Phi) is 3.09. The lowest BCUT2D eigenvalue weighted by Crippen LogP contribution is -1.98. The summed E-state index contributed by atoms with van der Waals surface area (Å²) in [4.78, 5) is 0. The molecule has 2 nitrogen and oxygen atoms in total. The maximum absolute atomic E-state index is 6.21. The number of anilines is 1. The Hall–Kier alpha value is -1.97. The summed E-state index contributed by atoms with van der Waals surface area (Å²) in [5.74, 6) is 0. The number of para-hydroxylation sites is 1.